The van der Waals surface area contributed by atoms with Crippen molar-refractivity contribution >= 4 is 72.2 Å². The van der Waals surface area contributed by atoms with Gasteiger partial charge in [0.15, 0.2) is 8.07 Å². The molecule has 0 atom stereocenters. The fourth-order valence-electron chi connectivity index (χ4n) is 8.81. The molecule has 2 heteroatoms. The zero-order valence-electron chi connectivity index (χ0n) is 26.1. The molecule has 0 amide bonds. The van der Waals surface area contributed by atoms with E-state index in [1.165, 1.54) is 86.4 Å². The Kier molecular flexibility index (Phi) is 5.58. The first-order chi connectivity index (χ1) is 23.3. The van der Waals surface area contributed by atoms with Crippen LogP contribution in [0.3, 0.4) is 0 Å². The van der Waals surface area contributed by atoms with E-state index in [-0.39, 0.29) is 0 Å². The SMILES string of the molecule is Cn1c2c(-c3ccc4c(c3)[Si](c3ccccc3)(c3ccccc3)c3ccccc3-4)cccc2c2c3ccccc3c3ccccc3c21. The summed E-state index contributed by atoms with van der Waals surface area (Å²) in [6.07, 6.45) is 0. The van der Waals surface area contributed by atoms with E-state index in [0.29, 0.717) is 0 Å². The van der Waals surface area contributed by atoms with Gasteiger partial charge in [-0.3, -0.25) is 0 Å². The van der Waals surface area contributed by atoms with Crippen LogP contribution in [0.1, 0.15) is 0 Å². The summed E-state index contributed by atoms with van der Waals surface area (Å²) in [5.74, 6) is 0. The van der Waals surface area contributed by atoms with Crippen molar-refractivity contribution < 1.29 is 0 Å². The summed E-state index contributed by atoms with van der Waals surface area (Å²) in [5, 5.41) is 13.7. The Morgan fingerprint density at radius 3 is 1.64 bits per heavy atom. The molecule has 0 bridgehead atoms. The molecule has 1 nitrogen and oxygen atoms in total. The van der Waals surface area contributed by atoms with Gasteiger partial charge in [-0.1, -0.05) is 170 Å². The lowest BCUT2D eigenvalue weighted by Crippen LogP contribution is -2.72. The van der Waals surface area contributed by atoms with Crippen molar-refractivity contribution in [3.05, 3.63) is 170 Å². The van der Waals surface area contributed by atoms with Gasteiger partial charge in [-0.25, -0.2) is 0 Å². The first kappa shape index (κ1) is 26.5. The largest absolute Gasteiger partial charge is 0.343 e. The Hall–Kier alpha value is -5.70. The zero-order valence-corrected chi connectivity index (χ0v) is 27.1. The van der Waals surface area contributed by atoms with Crippen LogP contribution < -0.4 is 20.7 Å². The molecule has 0 spiro atoms. The number of rotatable bonds is 3. The van der Waals surface area contributed by atoms with E-state index in [4.69, 9.17) is 0 Å². The van der Waals surface area contributed by atoms with Crippen molar-refractivity contribution in [1.82, 2.24) is 4.57 Å². The molecule has 0 N–H and O–H groups in total. The van der Waals surface area contributed by atoms with E-state index in [0.717, 1.165) is 0 Å². The number of benzene rings is 8. The number of fused-ring (bicyclic) bond motifs is 11. The maximum Gasteiger partial charge on any atom is 0.180 e. The second-order valence-electron chi connectivity index (χ2n) is 12.9. The first-order valence-corrected chi connectivity index (χ1v) is 18.4. The van der Waals surface area contributed by atoms with Gasteiger partial charge in [0.2, 0.25) is 0 Å². The maximum absolute atomic E-state index is 2.58. The van der Waals surface area contributed by atoms with Crippen molar-refractivity contribution in [2.24, 2.45) is 7.05 Å². The number of nitrogens with zero attached hydrogens (tertiary/aromatic N) is 1. The van der Waals surface area contributed by atoms with Crippen molar-refractivity contribution in [2.75, 3.05) is 0 Å². The van der Waals surface area contributed by atoms with Crippen molar-refractivity contribution in [1.29, 1.82) is 0 Å². The second kappa shape index (κ2) is 9.90. The standard InChI is InChI=1S/C45H31NSi/c1-46-44-33(24-14-25-40(44)43-38-22-10-8-19-34(38)35-20-9-11-23-39(35)45(43)46)30-27-28-37-36-21-12-13-26-41(36)47(42(37)29-30,31-15-4-2-5-16-31)32-17-6-3-7-18-32/h2-29H,1H3. The van der Waals surface area contributed by atoms with Crippen LogP contribution in [0.5, 0.6) is 0 Å². The van der Waals surface area contributed by atoms with E-state index < -0.39 is 8.07 Å². The summed E-state index contributed by atoms with van der Waals surface area (Å²) in [6.45, 7) is 0. The van der Waals surface area contributed by atoms with Crippen molar-refractivity contribution in [3.8, 4) is 22.3 Å². The third kappa shape index (κ3) is 3.48. The van der Waals surface area contributed by atoms with Gasteiger partial charge in [-0.05, 0) is 53.6 Å². The molecule has 0 fully saturated rings. The Morgan fingerprint density at radius 1 is 0.383 bits per heavy atom. The van der Waals surface area contributed by atoms with Crippen molar-refractivity contribution in [2.45, 2.75) is 0 Å². The lowest BCUT2D eigenvalue weighted by molar-refractivity contribution is 1.02. The highest BCUT2D eigenvalue weighted by atomic mass is 28.3. The Balaban J connectivity index is 1.32. The molecule has 47 heavy (non-hydrogen) atoms. The zero-order chi connectivity index (χ0) is 31.1. The second-order valence-corrected chi connectivity index (χ2v) is 16.6. The molecule has 8 aromatic carbocycles. The Bertz CT molecular complexity index is 2650. The van der Waals surface area contributed by atoms with Crippen LogP contribution in [0.25, 0.3) is 65.6 Å². The molecule has 1 aromatic heterocycles. The van der Waals surface area contributed by atoms with E-state index in [1.807, 2.05) is 0 Å². The summed E-state index contributed by atoms with van der Waals surface area (Å²) in [6, 6.07) is 63.7. The topological polar surface area (TPSA) is 4.93 Å². The highest BCUT2D eigenvalue weighted by molar-refractivity contribution is 7.22. The van der Waals surface area contributed by atoms with E-state index in [1.54, 1.807) is 0 Å². The third-order valence-electron chi connectivity index (χ3n) is 10.7. The van der Waals surface area contributed by atoms with Gasteiger partial charge in [0.25, 0.3) is 0 Å². The van der Waals surface area contributed by atoms with Crippen LogP contribution in [-0.2, 0) is 7.05 Å². The first-order valence-electron chi connectivity index (χ1n) is 16.4. The molecule has 0 saturated heterocycles. The van der Waals surface area contributed by atoms with E-state index in [2.05, 4.69) is 181 Å². The van der Waals surface area contributed by atoms with Gasteiger partial charge in [0, 0.05) is 28.8 Å². The van der Waals surface area contributed by atoms with Crippen LogP contribution in [-0.4, -0.2) is 12.6 Å². The highest BCUT2D eigenvalue weighted by Crippen LogP contribution is 2.43. The van der Waals surface area contributed by atoms with Gasteiger partial charge in [0.05, 0.1) is 11.0 Å². The molecule has 1 aliphatic rings. The van der Waals surface area contributed by atoms with Gasteiger partial charge in [-0.15, -0.1) is 0 Å². The average Bonchev–Trinajstić information content (AvgIpc) is 3.62. The molecule has 0 aliphatic carbocycles. The molecule has 0 radical (unpaired) electrons. The normalized spacial score (nSPS) is 13.4. The highest BCUT2D eigenvalue weighted by Gasteiger charge is 2.48. The molecular formula is C45H31NSi. The molecule has 1 aliphatic heterocycles. The summed E-state index contributed by atoms with van der Waals surface area (Å²) < 4.78 is 2.45. The molecule has 0 unspecified atom stereocenters. The number of aromatic nitrogens is 1. The van der Waals surface area contributed by atoms with Gasteiger partial charge >= 0.3 is 0 Å². The van der Waals surface area contributed by atoms with Gasteiger partial charge in [-0.2, -0.15) is 0 Å². The third-order valence-corrected chi connectivity index (χ3v) is 15.5. The molecule has 220 valence electrons. The predicted molar refractivity (Wildman–Crippen MR) is 203 cm³/mol. The van der Waals surface area contributed by atoms with Crippen LogP contribution in [0.15, 0.2) is 170 Å². The number of aryl methyl sites for hydroxylation is 1. The number of hydrogen-bond donors (Lipinski definition) is 0. The Morgan fingerprint density at radius 2 is 0.915 bits per heavy atom. The minimum Gasteiger partial charge on any atom is -0.343 e. The predicted octanol–water partition coefficient (Wildman–Crippen LogP) is 8.66. The van der Waals surface area contributed by atoms with E-state index >= 15 is 0 Å². The molecule has 0 saturated carbocycles. The van der Waals surface area contributed by atoms with Crippen LogP contribution in [0, 0.1) is 0 Å². The van der Waals surface area contributed by atoms with Crippen LogP contribution in [0.4, 0.5) is 0 Å². The summed E-state index contributed by atoms with van der Waals surface area (Å²) >= 11 is 0. The van der Waals surface area contributed by atoms with Gasteiger partial charge < -0.3 is 4.57 Å². The minimum atomic E-state index is -2.58. The van der Waals surface area contributed by atoms with Crippen LogP contribution >= 0.6 is 0 Å². The molecular weight excluding hydrogens is 583 g/mol. The monoisotopic (exact) mass is 613 g/mol. The lowest BCUT2D eigenvalue weighted by atomic mass is 9.95. The summed E-state index contributed by atoms with van der Waals surface area (Å²) in [7, 11) is -0.327. The van der Waals surface area contributed by atoms with E-state index in [9.17, 15) is 0 Å². The molecule has 2 heterocycles. The van der Waals surface area contributed by atoms with Gasteiger partial charge in [0.1, 0.15) is 0 Å². The summed E-state index contributed by atoms with van der Waals surface area (Å²) in [4.78, 5) is 0. The van der Waals surface area contributed by atoms with Crippen LogP contribution in [0.2, 0.25) is 0 Å². The minimum absolute atomic E-state index is 1.27. The Labute approximate surface area is 275 Å². The number of para-hydroxylation sites is 1. The fraction of sp³-hybridized carbons (Fsp3) is 0.0222. The molecule has 10 rings (SSSR count). The summed E-state index contributed by atoms with van der Waals surface area (Å²) in [5.41, 5.74) is 7.86. The molecule has 9 aromatic rings. The maximum atomic E-state index is 2.55. The quantitative estimate of drug-likeness (QED) is 0.139. The smallest absolute Gasteiger partial charge is 0.180 e. The lowest BCUT2D eigenvalue weighted by Gasteiger charge is -2.31. The number of hydrogen-bond acceptors (Lipinski definition) is 0. The fourth-order valence-corrected chi connectivity index (χ4v) is 14.0. The average molecular weight is 614 g/mol. The van der Waals surface area contributed by atoms with Crippen molar-refractivity contribution in [3.63, 3.8) is 0 Å².